The van der Waals surface area contributed by atoms with Crippen LogP contribution >= 0.6 is 22.9 Å². The molecular formula is C17H16ClN3OS. The first kappa shape index (κ1) is 15.8. The van der Waals surface area contributed by atoms with Gasteiger partial charge in [-0.3, -0.25) is 4.79 Å². The molecular weight excluding hydrogens is 330 g/mol. The lowest BCUT2D eigenvalue weighted by molar-refractivity contribution is 0.103. The van der Waals surface area contributed by atoms with Crippen molar-refractivity contribution in [1.29, 1.82) is 0 Å². The number of halogens is 1. The molecule has 1 N–H and O–H groups in total. The Morgan fingerprint density at radius 2 is 2.09 bits per heavy atom. The van der Waals surface area contributed by atoms with Crippen molar-refractivity contribution >= 4 is 34.5 Å². The van der Waals surface area contributed by atoms with Crippen LogP contribution in [0.5, 0.6) is 0 Å². The molecule has 6 heteroatoms. The first-order chi connectivity index (χ1) is 11.1. The highest BCUT2D eigenvalue weighted by Crippen LogP contribution is 2.26. The zero-order chi connectivity index (χ0) is 16.4. The van der Waals surface area contributed by atoms with E-state index in [9.17, 15) is 4.79 Å². The van der Waals surface area contributed by atoms with Crippen LogP contribution in [0.3, 0.4) is 0 Å². The number of hydrogen-bond donors (Lipinski definition) is 1. The molecule has 0 radical (unpaired) electrons. The fraction of sp³-hybridized carbons (Fsp3) is 0.176. The van der Waals surface area contributed by atoms with Gasteiger partial charge in [0.2, 0.25) is 0 Å². The summed E-state index contributed by atoms with van der Waals surface area (Å²) in [5.41, 5.74) is 2.30. The number of rotatable bonds is 4. The van der Waals surface area contributed by atoms with Gasteiger partial charge in [-0.05, 0) is 43.7 Å². The van der Waals surface area contributed by atoms with Gasteiger partial charge in [0, 0.05) is 17.4 Å². The summed E-state index contributed by atoms with van der Waals surface area (Å²) in [6.45, 7) is 3.89. The van der Waals surface area contributed by atoms with E-state index >= 15 is 0 Å². The van der Waals surface area contributed by atoms with Crippen LogP contribution in [-0.4, -0.2) is 15.5 Å². The molecule has 0 aliphatic rings. The van der Waals surface area contributed by atoms with Gasteiger partial charge in [0.05, 0.1) is 22.1 Å². The number of thiazole rings is 1. The summed E-state index contributed by atoms with van der Waals surface area (Å²) < 4.78 is 1.92. The topological polar surface area (TPSA) is 46.9 Å². The van der Waals surface area contributed by atoms with Gasteiger partial charge in [0.1, 0.15) is 4.88 Å². The van der Waals surface area contributed by atoms with E-state index in [1.807, 2.05) is 55.1 Å². The Bertz CT molecular complexity index is 840. The largest absolute Gasteiger partial charge is 0.322 e. The van der Waals surface area contributed by atoms with Crippen molar-refractivity contribution < 1.29 is 4.79 Å². The van der Waals surface area contributed by atoms with Crippen molar-refractivity contribution in [2.24, 2.45) is 0 Å². The van der Waals surface area contributed by atoms with Crippen LogP contribution in [0, 0.1) is 6.92 Å². The highest BCUT2D eigenvalue weighted by Gasteiger charge is 2.16. The number of nitrogens with one attached hydrogen (secondary N) is 1. The summed E-state index contributed by atoms with van der Waals surface area (Å²) in [4.78, 5) is 17.6. The van der Waals surface area contributed by atoms with E-state index in [1.54, 1.807) is 6.07 Å². The van der Waals surface area contributed by atoms with E-state index in [0.29, 0.717) is 15.6 Å². The summed E-state index contributed by atoms with van der Waals surface area (Å²) in [6, 6.07) is 9.25. The number of nitrogens with zero attached hydrogens (tertiary/aromatic N) is 2. The number of aromatic nitrogens is 2. The number of benzene rings is 1. The standard InChI is InChI=1S/C17H16ClN3OS/c1-3-15-19-11(2)16(23-15)17(22)20-13-7-6-12(18)10-14(13)21-8-4-5-9-21/h4-10H,3H2,1-2H3,(H,20,22). The average molecular weight is 346 g/mol. The van der Waals surface area contributed by atoms with Crippen molar-refractivity contribution in [3.05, 3.63) is 63.3 Å². The molecule has 0 bridgehead atoms. The van der Waals surface area contributed by atoms with Crippen molar-refractivity contribution in [1.82, 2.24) is 9.55 Å². The molecule has 0 aliphatic carbocycles. The number of amides is 1. The zero-order valence-corrected chi connectivity index (χ0v) is 14.4. The van der Waals surface area contributed by atoms with Crippen molar-refractivity contribution in [3.63, 3.8) is 0 Å². The summed E-state index contributed by atoms with van der Waals surface area (Å²) >= 11 is 7.54. The third-order valence-corrected chi connectivity index (χ3v) is 4.98. The number of carbonyl (C=O) groups is 1. The SMILES string of the molecule is CCc1nc(C)c(C(=O)Nc2ccc(Cl)cc2-n2cccc2)s1. The lowest BCUT2D eigenvalue weighted by Gasteiger charge is -2.12. The highest BCUT2D eigenvalue weighted by molar-refractivity contribution is 7.13. The van der Waals surface area contributed by atoms with Gasteiger partial charge in [-0.2, -0.15) is 0 Å². The van der Waals surface area contributed by atoms with Gasteiger partial charge in [-0.15, -0.1) is 11.3 Å². The zero-order valence-electron chi connectivity index (χ0n) is 12.8. The van der Waals surface area contributed by atoms with Gasteiger partial charge in [-0.25, -0.2) is 4.98 Å². The lowest BCUT2D eigenvalue weighted by atomic mass is 10.2. The van der Waals surface area contributed by atoms with E-state index in [0.717, 1.165) is 22.8 Å². The Kier molecular flexibility index (Phi) is 4.50. The molecule has 23 heavy (non-hydrogen) atoms. The number of hydrogen-bond acceptors (Lipinski definition) is 3. The maximum atomic E-state index is 12.6. The van der Waals surface area contributed by atoms with Crippen molar-refractivity contribution in [3.8, 4) is 5.69 Å². The predicted octanol–water partition coefficient (Wildman–Crippen LogP) is 4.71. The molecule has 0 spiro atoms. The molecule has 3 aromatic rings. The molecule has 0 fully saturated rings. The highest BCUT2D eigenvalue weighted by atomic mass is 35.5. The van der Waals surface area contributed by atoms with E-state index in [4.69, 9.17) is 11.6 Å². The molecule has 1 amide bonds. The number of anilines is 1. The second-order valence-corrected chi connectivity index (χ2v) is 6.60. The maximum Gasteiger partial charge on any atom is 0.267 e. The van der Waals surface area contributed by atoms with E-state index < -0.39 is 0 Å². The van der Waals surface area contributed by atoms with Gasteiger partial charge in [0.15, 0.2) is 0 Å². The fourth-order valence-corrected chi connectivity index (χ4v) is 3.38. The summed E-state index contributed by atoms with van der Waals surface area (Å²) in [6.07, 6.45) is 4.65. The Morgan fingerprint density at radius 3 is 2.74 bits per heavy atom. The average Bonchev–Trinajstić information content (AvgIpc) is 3.18. The second-order valence-electron chi connectivity index (χ2n) is 5.08. The molecule has 1 aromatic carbocycles. The van der Waals surface area contributed by atoms with E-state index in [-0.39, 0.29) is 5.91 Å². The molecule has 0 unspecified atom stereocenters. The molecule has 4 nitrogen and oxygen atoms in total. The molecule has 3 rings (SSSR count). The summed E-state index contributed by atoms with van der Waals surface area (Å²) in [5, 5.41) is 4.56. The molecule has 0 atom stereocenters. The first-order valence-electron chi connectivity index (χ1n) is 7.29. The summed E-state index contributed by atoms with van der Waals surface area (Å²) in [5.74, 6) is -0.143. The predicted molar refractivity (Wildman–Crippen MR) is 95.0 cm³/mol. The van der Waals surface area contributed by atoms with Crippen LogP contribution < -0.4 is 5.32 Å². The molecule has 118 valence electrons. The smallest absolute Gasteiger partial charge is 0.267 e. The third-order valence-electron chi connectivity index (χ3n) is 3.44. The van der Waals surface area contributed by atoms with E-state index in [1.165, 1.54) is 11.3 Å². The second kappa shape index (κ2) is 6.56. The molecule has 0 saturated heterocycles. The van der Waals surface area contributed by atoms with Crippen molar-refractivity contribution in [2.45, 2.75) is 20.3 Å². The molecule has 0 saturated carbocycles. The lowest BCUT2D eigenvalue weighted by Crippen LogP contribution is -2.13. The van der Waals surface area contributed by atoms with Crippen molar-refractivity contribution in [2.75, 3.05) is 5.32 Å². The fourth-order valence-electron chi connectivity index (χ4n) is 2.31. The van der Waals surface area contributed by atoms with Crippen LogP contribution in [0.4, 0.5) is 5.69 Å². The third kappa shape index (κ3) is 3.30. The van der Waals surface area contributed by atoms with Crippen LogP contribution in [0.1, 0.15) is 27.3 Å². The van der Waals surface area contributed by atoms with Gasteiger partial charge in [0.25, 0.3) is 5.91 Å². The Balaban J connectivity index is 1.93. The summed E-state index contributed by atoms with van der Waals surface area (Å²) in [7, 11) is 0. The monoisotopic (exact) mass is 345 g/mol. The van der Waals surface area contributed by atoms with Crippen LogP contribution in [0.2, 0.25) is 5.02 Å². The molecule has 2 heterocycles. The van der Waals surface area contributed by atoms with Gasteiger partial charge >= 0.3 is 0 Å². The van der Waals surface area contributed by atoms with Crippen LogP contribution in [0.15, 0.2) is 42.7 Å². The minimum absolute atomic E-state index is 0.143. The Morgan fingerprint density at radius 1 is 1.35 bits per heavy atom. The van der Waals surface area contributed by atoms with Gasteiger partial charge in [-0.1, -0.05) is 18.5 Å². The minimum atomic E-state index is -0.143. The molecule has 2 aromatic heterocycles. The van der Waals surface area contributed by atoms with Crippen LogP contribution in [-0.2, 0) is 6.42 Å². The van der Waals surface area contributed by atoms with Crippen LogP contribution in [0.25, 0.3) is 5.69 Å². The maximum absolute atomic E-state index is 12.6. The number of carbonyl (C=O) groups excluding carboxylic acids is 1. The van der Waals surface area contributed by atoms with Gasteiger partial charge < -0.3 is 9.88 Å². The number of aryl methyl sites for hydroxylation is 2. The quantitative estimate of drug-likeness (QED) is 0.744. The Hall–Kier alpha value is -2.11. The van der Waals surface area contributed by atoms with E-state index in [2.05, 4.69) is 10.3 Å². The normalized spacial score (nSPS) is 10.7. The minimum Gasteiger partial charge on any atom is -0.322 e. The molecule has 0 aliphatic heterocycles. The first-order valence-corrected chi connectivity index (χ1v) is 8.48. The Labute approximate surface area is 143 Å².